The van der Waals surface area contributed by atoms with Crippen LogP contribution in [0.5, 0.6) is 11.5 Å². The SMILES string of the molecule is COc1ccc(O[C@@H](C)C(=O)Nc2ccccc2C(=O)NC[C@H]2CCCO2)cc1. The lowest BCUT2D eigenvalue weighted by molar-refractivity contribution is -0.122. The average Bonchev–Trinajstić information content (AvgIpc) is 3.26. The smallest absolute Gasteiger partial charge is 0.265 e. The van der Waals surface area contributed by atoms with Crippen molar-refractivity contribution in [1.82, 2.24) is 5.32 Å². The number of anilines is 1. The summed E-state index contributed by atoms with van der Waals surface area (Å²) >= 11 is 0. The second-order valence-corrected chi connectivity index (χ2v) is 6.82. The zero-order valence-electron chi connectivity index (χ0n) is 16.6. The summed E-state index contributed by atoms with van der Waals surface area (Å²) in [4.78, 5) is 25.1. The van der Waals surface area contributed by atoms with Crippen LogP contribution in [0.25, 0.3) is 0 Å². The van der Waals surface area contributed by atoms with Crippen LogP contribution in [0.1, 0.15) is 30.1 Å². The number of methoxy groups -OCH3 is 1. The molecule has 0 aromatic heterocycles. The van der Waals surface area contributed by atoms with E-state index in [4.69, 9.17) is 14.2 Å². The standard InChI is InChI=1S/C22H26N2O5/c1-15(29-17-11-9-16(27-2)10-12-17)21(25)24-20-8-4-3-7-19(20)22(26)23-14-18-6-5-13-28-18/h3-4,7-12,15,18H,5-6,13-14H2,1-2H3,(H,23,26)(H,24,25)/t15-,18+/m0/s1. The fourth-order valence-corrected chi connectivity index (χ4v) is 3.04. The number of carbonyl (C=O) groups excluding carboxylic acids is 2. The molecule has 7 heteroatoms. The van der Waals surface area contributed by atoms with Crippen LogP contribution in [0.3, 0.4) is 0 Å². The van der Waals surface area contributed by atoms with Gasteiger partial charge in [-0.3, -0.25) is 9.59 Å². The van der Waals surface area contributed by atoms with Gasteiger partial charge in [0.1, 0.15) is 11.5 Å². The summed E-state index contributed by atoms with van der Waals surface area (Å²) in [6.07, 6.45) is 1.27. The van der Waals surface area contributed by atoms with Crippen LogP contribution < -0.4 is 20.1 Å². The Labute approximate surface area is 170 Å². The van der Waals surface area contributed by atoms with Crippen molar-refractivity contribution in [3.63, 3.8) is 0 Å². The normalized spacial score (nSPS) is 16.7. The van der Waals surface area contributed by atoms with Gasteiger partial charge in [-0.25, -0.2) is 0 Å². The van der Waals surface area contributed by atoms with Gasteiger partial charge in [-0.2, -0.15) is 0 Å². The summed E-state index contributed by atoms with van der Waals surface area (Å²) in [5.41, 5.74) is 0.836. The Morgan fingerprint density at radius 2 is 1.86 bits per heavy atom. The fraction of sp³-hybridized carbons (Fsp3) is 0.364. The molecule has 1 heterocycles. The average molecular weight is 398 g/mol. The maximum atomic E-state index is 12.6. The highest BCUT2D eigenvalue weighted by Gasteiger charge is 2.20. The minimum atomic E-state index is -0.744. The number of nitrogens with one attached hydrogen (secondary N) is 2. The fourth-order valence-electron chi connectivity index (χ4n) is 3.04. The van der Waals surface area contributed by atoms with Crippen molar-refractivity contribution in [2.75, 3.05) is 25.6 Å². The van der Waals surface area contributed by atoms with Crippen LogP contribution in [0.4, 0.5) is 5.69 Å². The number of carbonyl (C=O) groups is 2. The molecule has 1 saturated heterocycles. The monoisotopic (exact) mass is 398 g/mol. The first-order chi connectivity index (χ1) is 14.1. The summed E-state index contributed by atoms with van der Waals surface area (Å²) in [5, 5.41) is 5.66. The van der Waals surface area contributed by atoms with Gasteiger partial charge in [-0.1, -0.05) is 12.1 Å². The van der Waals surface area contributed by atoms with Crippen molar-refractivity contribution >= 4 is 17.5 Å². The van der Waals surface area contributed by atoms with E-state index < -0.39 is 6.10 Å². The van der Waals surface area contributed by atoms with E-state index in [1.807, 2.05) is 0 Å². The minimum Gasteiger partial charge on any atom is -0.497 e. The molecule has 2 amide bonds. The molecule has 0 unspecified atom stereocenters. The molecule has 29 heavy (non-hydrogen) atoms. The maximum absolute atomic E-state index is 12.6. The van der Waals surface area contributed by atoms with Crippen LogP contribution in [0.2, 0.25) is 0 Å². The first kappa shape index (κ1) is 20.7. The van der Waals surface area contributed by atoms with Crippen LogP contribution in [-0.4, -0.2) is 44.3 Å². The lowest BCUT2D eigenvalue weighted by atomic mass is 10.1. The number of amides is 2. The third kappa shape index (κ3) is 5.71. The molecule has 2 aromatic carbocycles. The molecule has 0 saturated carbocycles. The molecule has 3 rings (SSSR count). The van der Waals surface area contributed by atoms with E-state index >= 15 is 0 Å². The summed E-state index contributed by atoms with van der Waals surface area (Å²) in [6.45, 7) is 2.84. The topological polar surface area (TPSA) is 85.9 Å². The Morgan fingerprint density at radius 1 is 1.14 bits per heavy atom. The van der Waals surface area contributed by atoms with E-state index in [0.29, 0.717) is 29.3 Å². The molecule has 2 N–H and O–H groups in total. The van der Waals surface area contributed by atoms with Gasteiger partial charge < -0.3 is 24.8 Å². The molecule has 0 aliphatic carbocycles. The van der Waals surface area contributed by atoms with Crippen molar-refractivity contribution < 1.29 is 23.8 Å². The Hall–Kier alpha value is -3.06. The lowest BCUT2D eigenvalue weighted by Crippen LogP contribution is -2.34. The van der Waals surface area contributed by atoms with E-state index in [2.05, 4.69) is 10.6 Å². The number of benzene rings is 2. The molecular formula is C22H26N2O5. The van der Waals surface area contributed by atoms with Gasteiger partial charge in [0.25, 0.3) is 11.8 Å². The molecular weight excluding hydrogens is 372 g/mol. The van der Waals surface area contributed by atoms with E-state index in [-0.39, 0.29) is 17.9 Å². The molecule has 7 nitrogen and oxygen atoms in total. The summed E-state index contributed by atoms with van der Waals surface area (Å²) in [7, 11) is 1.58. The number of hydrogen-bond donors (Lipinski definition) is 2. The first-order valence-corrected chi connectivity index (χ1v) is 9.67. The predicted octanol–water partition coefficient (Wildman–Crippen LogP) is 3.01. The maximum Gasteiger partial charge on any atom is 0.265 e. The van der Waals surface area contributed by atoms with Crippen molar-refractivity contribution in [3.05, 3.63) is 54.1 Å². The van der Waals surface area contributed by atoms with Gasteiger partial charge in [-0.15, -0.1) is 0 Å². The molecule has 1 fully saturated rings. The third-order valence-corrected chi connectivity index (χ3v) is 4.69. The van der Waals surface area contributed by atoms with Gasteiger partial charge in [0.05, 0.1) is 24.5 Å². The van der Waals surface area contributed by atoms with Gasteiger partial charge in [0, 0.05) is 13.2 Å². The molecule has 0 spiro atoms. The Morgan fingerprint density at radius 3 is 2.55 bits per heavy atom. The molecule has 2 atom stereocenters. The number of rotatable bonds is 8. The molecule has 1 aliphatic heterocycles. The van der Waals surface area contributed by atoms with Gasteiger partial charge >= 0.3 is 0 Å². The zero-order valence-corrected chi connectivity index (χ0v) is 16.6. The second kappa shape index (κ2) is 9.93. The highest BCUT2D eigenvalue weighted by molar-refractivity contribution is 6.04. The zero-order chi connectivity index (χ0) is 20.6. The molecule has 0 radical (unpaired) electrons. The highest BCUT2D eigenvalue weighted by Crippen LogP contribution is 2.20. The Kier molecular flexibility index (Phi) is 7.08. The summed E-state index contributed by atoms with van der Waals surface area (Å²) in [5.74, 6) is 0.661. The van der Waals surface area contributed by atoms with Crippen molar-refractivity contribution in [2.45, 2.75) is 32.0 Å². The summed E-state index contributed by atoms with van der Waals surface area (Å²) in [6, 6.07) is 13.9. The predicted molar refractivity (Wildman–Crippen MR) is 109 cm³/mol. The Balaban J connectivity index is 1.59. The minimum absolute atomic E-state index is 0.0543. The van der Waals surface area contributed by atoms with Crippen molar-refractivity contribution in [3.8, 4) is 11.5 Å². The molecule has 1 aliphatic rings. The quantitative estimate of drug-likeness (QED) is 0.714. The van der Waals surface area contributed by atoms with Crippen molar-refractivity contribution in [1.29, 1.82) is 0 Å². The third-order valence-electron chi connectivity index (χ3n) is 4.69. The van der Waals surface area contributed by atoms with Crippen LogP contribution in [0.15, 0.2) is 48.5 Å². The van der Waals surface area contributed by atoms with Crippen LogP contribution >= 0.6 is 0 Å². The number of para-hydroxylation sites is 1. The first-order valence-electron chi connectivity index (χ1n) is 9.67. The molecule has 2 aromatic rings. The lowest BCUT2D eigenvalue weighted by Gasteiger charge is -2.17. The van der Waals surface area contributed by atoms with Gasteiger partial charge in [0.2, 0.25) is 0 Å². The van der Waals surface area contributed by atoms with Crippen LogP contribution in [0, 0.1) is 0 Å². The number of hydrogen-bond acceptors (Lipinski definition) is 5. The largest absolute Gasteiger partial charge is 0.497 e. The second-order valence-electron chi connectivity index (χ2n) is 6.82. The van der Waals surface area contributed by atoms with E-state index in [9.17, 15) is 9.59 Å². The van der Waals surface area contributed by atoms with E-state index in [1.165, 1.54) is 0 Å². The molecule has 154 valence electrons. The summed E-state index contributed by atoms with van der Waals surface area (Å²) < 4.78 is 16.3. The van der Waals surface area contributed by atoms with E-state index in [0.717, 1.165) is 19.4 Å². The van der Waals surface area contributed by atoms with Crippen molar-refractivity contribution in [2.24, 2.45) is 0 Å². The van der Waals surface area contributed by atoms with Gasteiger partial charge in [0.15, 0.2) is 6.10 Å². The van der Waals surface area contributed by atoms with E-state index in [1.54, 1.807) is 62.6 Å². The molecule has 0 bridgehead atoms. The van der Waals surface area contributed by atoms with Crippen LogP contribution in [-0.2, 0) is 9.53 Å². The Bertz CT molecular complexity index is 831. The highest BCUT2D eigenvalue weighted by atomic mass is 16.5. The van der Waals surface area contributed by atoms with Gasteiger partial charge in [-0.05, 0) is 56.2 Å². The number of ether oxygens (including phenoxy) is 3.